The zero-order valence-corrected chi connectivity index (χ0v) is 11.5. The molecule has 2 rings (SSSR count). The van der Waals surface area contributed by atoms with Gasteiger partial charge in [0.2, 0.25) is 0 Å². The van der Waals surface area contributed by atoms with E-state index in [1.54, 1.807) is 11.3 Å². The maximum absolute atomic E-state index is 6.09. The number of rotatable bonds is 5. The molecule has 0 fully saturated rings. The monoisotopic (exact) mass is 257 g/mol. The summed E-state index contributed by atoms with van der Waals surface area (Å²) in [5.41, 5.74) is 1.47. The number of hydrogen-bond donors (Lipinski definition) is 1. The van der Waals surface area contributed by atoms with Crippen molar-refractivity contribution in [2.75, 3.05) is 6.54 Å². The molecule has 1 heterocycles. The van der Waals surface area contributed by atoms with Crippen molar-refractivity contribution in [1.29, 1.82) is 0 Å². The molecule has 1 aliphatic rings. The summed E-state index contributed by atoms with van der Waals surface area (Å²) >= 11 is 7.85. The Labute approximate surface area is 107 Å². The van der Waals surface area contributed by atoms with Crippen LogP contribution in [0.3, 0.4) is 0 Å². The van der Waals surface area contributed by atoms with Crippen LogP contribution in [0.2, 0.25) is 4.34 Å². The largest absolute Gasteiger partial charge is 0.310 e. The molecule has 0 bridgehead atoms. The van der Waals surface area contributed by atoms with Gasteiger partial charge in [-0.3, -0.25) is 0 Å². The van der Waals surface area contributed by atoms with Crippen LogP contribution in [0.25, 0.3) is 0 Å². The van der Waals surface area contributed by atoms with Gasteiger partial charge >= 0.3 is 0 Å². The maximum Gasteiger partial charge on any atom is 0.0934 e. The predicted octanol–water partition coefficient (Wildman–Crippen LogP) is 4.56. The second kappa shape index (κ2) is 6.04. The Bertz CT molecular complexity index is 335. The molecule has 1 unspecified atom stereocenters. The quantitative estimate of drug-likeness (QED) is 0.763. The summed E-state index contributed by atoms with van der Waals surface area (Å²) in [5, 5.41) is 3.67. The van der Waals surface area contributed by atoms with E-state index in [0.717, 1.165) is 10.9 Å². The van der Waals surface area contributed by atoms with Gasteiger partial charge < -0.3 is 5.32 Å². The van der Waals surface area contributed by atoms with Gasteiger partial charge in [-0.2, -0.15) is 0 Å². The van der Waals surface area contributed by atoms with E-state index >= 15 is 0 Å². The van der Waals surface area contributed by atoms with Crippen LogP contribution in [-0.4, -0.2) is 6.54 Å². The number of hydrogen-bond acceptors (Lipinski definition) is 2. The van der Waals surface area contributed by atoms with Gasteiger partial charge in [-0.25, -0.2) is 0 Å². The highest BCUT2D eigenvalue weighted by Gasteiger charge is 2.21. The third-order valence-electron chi connectivity index (χ3n) is 3.25. The second-order valence-electron chi connectivity index (χ2n) is 4.54. The minimum Gasteiger partial charge on any atom is -0.310 e. The minimum atomic E-state index is 0.560. The zero-order chi connectivity index (χ0) is 11.4. The Morgan fingerprint density at radius 3 is 3.19 bits per heavy atom. The van der Waals surface area contributed by atoms with E-state index in [0.29, 0.717) is 6.04 Å². The van der Waals surface area contributed by atoms with Crippen molar-refractivity contribution in [1.82, 2.24) is 5.32 Å². The molecule has 0 saturated heterocycles. The number of halogens is 1. The van der Waals surface area contributed by atoms with E-state index in [2.05, 4.69) is 18.3 Å². The van der Waals surface area contributed by atoms with Crippen molar-refractivity contribution < 1.29 is 0 Å². The normalized spacial score (nSPS) is 19.8. The lowest BCUT2D eigenvalue weighted by Crippen LogP contribution is -2.25. The van der Waals surface area contributed by atoms with Crippen molar-refractivity contribution in [3.05, 3.63) is 20.8 Å². The SMILES string of the molecule is CCCCCNC1CCCc2sc(Cl)cc21. The Kier molecular flexibility index (Phi) is 4.68. The number of fused-ring (bicyclic) bond motifs is 1. The number of unbranched alkanes of at least 4 members (excludes halogenated alkanes) is 2. The second-order valence-corrected chi connectivity index (χ2v) is 6.30. The summed E-state index contributed by atoms with van der Waals surface area (Å²) in [6, 6.07) is 2.72. The number of aryl methyl sites for hydroxylation is 1. The summed E-state index contributed by atoms with van der Waals surface area (Å²) < 4.78 is 0.951. The molecular weight excluding hydrogens is 238 g/mol. The predicted molar refractivity (Wildman–Crippen MR) is 72.5 cm³/mol. The first-order valence-electron chi connectivity index (χ1n) is 6.32. The van der Waals surface area contributed by atoms with Gasteiger partial charge in [-0.1, -0.05) is 31.4 Å². The van der Waals surface area contributed by atoms with Crippen LogP contribution < -0.4 is 5.32 Å². The minimum absolute atomic E-state index is 0.560. The molecule has 1 aromatic heterocycles. The molecule has 0 saturated carbocycles. The fourth-order valence-electron chi connectivity index (χ4n) is 2.38. The molecular formula is C13H20ClNS. The Morgan fingerprint density at radius 2 is 2.38 bits per heavy atom. The molecule has 0 radical (unpaired) electrons. The van der Waals surface area contributed by atoms with E-state index in [-0.39, 0.29) is 0 Å². The first-order chi connectivity index (χ1) is 7.81. The third kappa shape index (κ3) is 2.99. The average Bonchev–Trinajstić information content (AvgIpc) is 2.65. The highest BCUT2D eigenvalue weighted by atomic mass is 35.5. The summed E-state index contributed by atoms with van der Waals surface area (Å²) in [7, 11) is 0. The van der Waals surface area contributed by atoms with Crippen LogP contribution in [0.4, 0.5) is 0 Å². The van der Waals surface area contributed by atoms with Crippen LogP contribution in [0.1, 0.15) is 55.5 Å². The lowest BCUT2D eigenvalue weighted by atomic mass is 9.94. The Hall–Kier alpha value is -0.0500. The van der Waals surface area contributed by atoms with Crippen LogP contribution in [0.15, 0.2) is 6.07 Å². The van der Waals surface area contributed by atoms with Crippen molar-refractivity contribution in [2.24, 2.45) is 0 Å². The topological polar surface area (TPSA) is 12.0 Å². The van der Waals surface area contributed by atoms with Crippen LogP contribution in [0, 0.1) is 0 Å². The summed E-state index contributed by atoms with van der Waals surface area (Å²) in [6.07, 6.45) is 7.71. The van der Waals surface area contributed by atoms with Crippen LogP contribution in [0.5, 0.6) is 0 Å². The lowest BCUT2D eigenvalue weighted by molar-refractivity contribution is 0.455. The standard InChI is InChI=1S/C13H20ClNS/c1-2-3-4-8-15-11-6-5-7-12-10(11)9-13(14)16-12/h9,11,15H,2-8H2,1H3. The van der Waals surface area contributed by atoms with Crippen molar-refractivity contribution in [3.8, 4) is 0 Å². The smallest absolute Gasteiger partial charge is 0.0934 e. The molecule has 0 aliphatic heterocycles. The molecule has 0 aromatic carbocycles. The van der Waals surface area contributed by atoms with Gasteiger partial charge in [0.05, 0.1) is 4.34 Å². The lowest BCUT2D eigenvalue weighted by Gasteiger charge is -2.23. The molecule has 0 spiro atoms. The van der Waals surface area contributed by atoms with Crippen LogP contribution >= 0.6 is 22.9 Å². The fraction of sp³-hybridized carbons (Fsp3) is 0.692. The van der Waals surface area contributed by atoms with Crippen molar-refractivity contribution in [2.45, 2.75) is 51.5 Å². The molecule has 0 amide bonds. The maximum atomic E-state index is 6.09. The van der Waals surface area contributed by atoms with Gasteiger partial charge in [-0.05, 0) is 43.9 Å². The van der Waals surface area contributed by atoms with Gasteiger partial charge in [0, 0.05) is 10.9 Å². The zero-order valence-electron chi connectivity index (χ0n) is 9.89. The summed E-state index contributed by atoms with van der Waals surface area (Å²) in [4.78, 5) is 1.50. The molecule has 1 nitrogen and oxygen atoms in total. The molecule has 3 heteroatoms. The average molecular weight is 258 g/mol. The highest BCUT2D eigenvalue weighted by Crippen LogP contribution is 2.37. The van der Waals surface area contributed by atoms with Crippen molar-refractivity contribution >= 4 is 22.9 Å². The molecule has 1 aliphatic carbocycles. The molecule has 1 N–H and O–H groups in total. The van der Waals surface area contributed by atoms with Gasteiger partial charge in [-0.15, -0.1) is 11.3 Å². The number of thiophene rings is 1. The van der Waals surface area contributed by atoms with Gasteiger partial charge in [0.15, 0.2) is 0 Å². The Morgan fingerprint density at radius 1 is 1.50 bits per heavy atom. The Balaban J connectivity index is 1.91. The fourth-order valence-corrected chi connectivity index (χ4v) is 3.77. The van der Waals surface area contributed by atoms with Crippen LogP contribution in [-0.2, 0) is 6.42 Å². The van der Waals surface area contributed by atoms with E-state index < -0.39 is 0 Å². The van der Waals surface area contributed by atoms with E-state index in [1.165, 1.54) is 49.0 Å². The molecule has 16 heavy (non-hydrogen) atoms. The van der Waals surface area contributed by atoms with Gasteiger partial charge in [0.25, 0.3) is 0 Å². The molecule has 1 atom stereocenters. The summed E-state index contributed by atoms with van der Waals surface area (Å²) in [5.74, 6) is 0. The van der Waals surface area contributed by atoms with E-state index in [9.17, 15) is 0 Å². The van der Waals surface area contributed by atoms with Gasteiger partial charge in [0.1, 0.15) is 0 Å². The van der Waals surface area contributed by atoms with E-state index in [1.807, 2.05) is 0 Å². The molecule has 1 aromatic rings. The first-order valence-corrected chi connectivity index (χ1v) is 7.52. The first kappa shape index (κ1) is 12.4. The number of nitrogens with one attached hydrogen (secondary N) is 1. The highest BCUT2D eigenvalue weighted by molar-refractivity contribution is 7.16. The van der Waals surface area contributed by atoms with Crippen molar-refractivity contribution in [3.63, 3.8) is 0 Å². The third-order valence-corrected chi connectivity index (χ3v) is 4.59. The molecule has 90 valence electrons. The van der Waals surface area contributed by atoms with E-state index in [4.69, 9.17) is 11.6 Å². The summed E-state index contributed by atoms with van der Waals surface area (Å²) in [6.45, 7) is 3.39.